The van der Waals surface area contributed by atoms with E-state index in [0.717, 1.165) is 33.2 Å². The summed E-state index contributed by atoms with van der Waals surface area (Å²) in [6.07, 6.45) is 7.38. The molecule has 142 heavy (non-hydrogen) atoms. The molecule has 10 heterocycles. The topological polar surface area (TPSA) is 515 Å². The van der Waals surface area contributed by atoms with Gasteiger partial charge in [0.15, 0.2) is 17.2 Å². The summed E-state index contributed by atoms with van der Waals surface area (Å²) in [5.74, 6) is -8.82. The second-order valence-electron chi connectivity index (χ2n) is 37.6. The third-order valence-electron chi connectivity index (χ3n) is 29.5. The van der Waals surface area contributed by atoms with Gasteiger partial charge >= 0.3 is 23.9 Å². The van der Waals surface area contributed by atoms with Crippen molar-refractivity contribution in [2.45, 2.75) is 218 Å². The zero-order chi connectivity index (χ0) is 104. The van der Waals surface area contributed by atoms with Crippen molar-refractivity contribution in [2.75, 3.05) is 7.11 Å². The van der Waals surface area contributed by atoms with Gasteiger partial charge in [0, 0.05) is 85.7 Å². The maximum absolute atomic E-state index is 12.9. The number of amides is 13. The number of imide groups is 4. The minimum Gasteiger partial charge on any atom is -0.481 e. The Morgan fingerprint density at radius 3 is 1.34 bits per heavy atom. The molecule has 742 valence electrons. The second kappa shape index (κ2) is 42.5. The molecule has 5 aromatic rings. The van der Waals surface area contributed by atoms with E-state index in [9.17, 15) is 106 Å². The van der Waals surface area contributed by atoms with Gasteiger partial charge in [-0.1, -0.05) is 193 Å². The van der Waals surface area contributed by atoms with Crippen LogP contribution in [0.1, 0.15) is 270 Å². The third kappa shape index (κ3) is 20.2. The predicted octanol–water partition coefficient (Wildman–Crippen LogP) is 8.65. The Hall–Kier alpha value is -13.2. The van der Waals surface area contributed by atoms with Crippen molar-refractivity contribution < 1.29 is 120 Å². The van der Waals surface area contributed by atoms with Crippen LogP contribution in [0.25, 0.3) is 0 Å². The standard InChI is InChI=1S/C16H22N2O4.C16H21NO5.C15H15NO5.C13H10N2O3S.C13H10N2O2S2.C13H10N2OS3.C13H11NO5S/c1-14(2)15(3)6-7-16(14,8-10(15)19)13(22)17-9-4-5-11(20)18-12(9)21;1-14(2)15(3)6-7-16(14,22-13(15)21)10(18)8-9-4-5-11(19)17-12(9)20;1-21-15(20)11-5-3-2-4-10(11)14(19)16-12-7-6-9(17)8-13(12)18;16-11-9(5-6-10(19)14-11)15-12(17)7-3-1-2-4-8(7)13(15)18;16-12-7-3-1-2-4-8(7)13(17)15(12)9-5-6-10(18)14-11(9)19;16-12-7-3-1-2-4-8(7)13(19)15(12)9-5-6-10(17)14-11(9)18;15-10(16)6-5-9(13(18)19)14-11(17)7-3-1-2-4-8(7)12(14)20/h9H,4-8H2,1-3H3,(H,17,22)(H,18,20,21);9H,4-8H2,1-3H3,(H,17,19,20);2-5,12H,6-8H2,1H3,(H,16,19);1-4,9H,5-6H2,(H,14,16,19);1-4,9H,5-6H2,(H,14,18,19);1-4,9H,5-6H2,(H,14,17,18);1-4,9H,5-6H2,(H,15,16)(H,18,19). The highest BCUT2D eigenvalue weighted by atomic mass is 32.1. The molecule has 11 atom stereocenters. The number of carbonyl (C=O) groups excluding carboxylic acids is 19. The van der Waals surface area contributed by atoms with Crippen LogP contribution in [0.2, 0.25) is 0 Å². The molecule has 0 radical (unpaired) electrons. The Morgan fingerprint density at radius 2 is 0.901 bits per heavy atom. The van der Waals surface area contributed by atoms with Crippen molar-refractivity contribution in [3.05, 3.63) is 177 Å². The van der Waals surface area contributed by atoms with Crippen molar-refractivity contribution in [3.8, 4) is 0 Å². The number of rotatable bonds is 16. The first-order valence-electron chi connectivity index (χ1n) is 45.7. The highest BCUT2D eigenvalue weighted by Crippen LogP contribution is 2.71. The van der Waals surface area contributed by atoms with E-state index in [1.807, 2.05) is 59.7 Å². The average Bonchev–Trinajstić information content (AvgIpc) is 1.52. The van der Waals surface area contributed by atoms with Gasteiger partial charge in [0.05, 0.1) is 102 Å². The molecule has 13 amide bonds. The Balaban J connectivity index is 0.000000139. The van der Waals surface area contributed by atoms with E-state index in [1.54, 1.807) is 95.9 Å². The molecule has 4 bridgehead atoms. The number of Topliss-reactive ketones (excluding diaryl/α,β-unsaturated/α-hetero) is 4. The molecule has 0 spiro atoms. The minimum absolute atomic E-state index is 0.0197. The molecule has 10 aliphatic heterocycles. The van der Waals surface area contributed by atoms with E-state index in [2.05, 4.69) is 42.0 Å². The first-order chi connectivity index (χ1) is 67.0. The molecule has 0 aromatic heterocycles. The Morgan fingerprint density at radius 1 is 0.458 bits per heavy atom. The number of hydrogen-bond acceptors (Lipinski definition) is 30. The highest BCUT2D eigenvalue weighted by Gasteiger charge is 2.76. The summed E-state index contributed by atoms with van der Waals surface area (Å²) in [5.41, 5.74) is 0.232. The number of carboxylic acids is 2. The Labute approximate surface area is 850 Å². The number of piperidine rings is 5. The van der Waals surface area contributed by atoms with Gasteiger partial charge in [0.25, 0.3) is 41.4 Å². The zero-order valence-electron chi connectivity index (χ0n) is 77.9. The van der Waals surface area contributed by atoms with Gasteiger partial charge in [0.1, 0.15) is 49.6 Å². The van der Waals surface area contributed by atoms with Gasteiger partial charge in [-0.25, -0.2) is 9.59 Å². The summed E-state index contributed by atoms with van der Waals surface area (Å²) in [7, 11) is 1.23. The number of methoxy groups -OCH3 is 1. The van der Waals surface area contributed by atoms with E-state index in [4.69, 9.17) is 95.4 Å². The Kier molecular flexibility index (Phi) is 31.8. The summed E-state index contributed by atoms with van der Waals surface area (Å²) < 4.78 is 10.2. The Bertz CT molecular complexity index is 5910. The molecule has 6 saturated heterocycles. The monoisotopic (exact) mass is 2070 g/mol. The molecule has 4 saturated carbocycles. The molecule has 9 N–H and O–H groups in total. The van der Waals surface area contributed by atoms with E-state index < -0.39 is 122 Å². The number of fused-ring (bicyclic) bond motifs is 8. The number of ether oxygens (including phenoxy) is 2. The maximum Gasteiger partial charge on any atom is 0.338 e. The van der Waals surface area contributed by atoms with Gasteiger partial charge in [-0.15, -0.1) is 0 Å². The SMILES string of the molecule is CC12CCC(C(=O)CC3CCC(=O)NC3=O)(OC1=O)C2(C)C.CC12CCC(C(=O)NC3CCC(=O)NC3=O)(CC1=O)C2(C)C.COC(=O)c1ccccc1C(=O)NC1CCC(=O)CC1=O.O=C(O)CCC(C(=O)O)N1C(=O)c2ccccc2C1=S.O=C1NC(=S)CCC1N1C(=O)c2ccccc2C1=O.O=C1c2ccccc2C(=O)N1C1CCC(=S)NC1=S.O=C1c2ccccc2C(=S)N1C1CCC(=S)NC1=S. The van der Waals surface area contributed by atoms with Gasteiger partial charge in [0.2, 0.25) is 35.4 Å². The lowest BCUT2D eigenvalue weighted by Gasteiger charge is -2.39. The van der Waals surface area contributed by atoms with Gasteiger partial charge in [-0.3, -0.25) is 121 Å². The van der Waals surface area contributed by atoms with Crippen LogP contribution in [0.5, 0.6) is 0 Å². The van der Waals surface area contributed by atoms with Crippen LogP contribution in [-0.4, -0.2) is 237 Å². The molecule has 43 heteroatoms. The average molecular weight is 2070 g/mol. The quantitative estimate of drug-likeness (QED) is 0.0193. The van der Waals surface area contributed by atoms with Crippen molar-refractivity contribution >= 4 is 244 Å². The molecular weight excluding hydrogens is 1970 g/mol. The molecular formula is C99H99N11O25S7. The van der Waals surface area contributed by atoms with Crippen LogP contribution >= 0.6 is 85.5 Å². The fourth-order valence-corrected chi connectivity index (χ4v) is 22.5. The van der Waals surface area contributed by atoms with Crippen molar-refractivity contribution in [3.63, 3.8) is 0 Å². The lowest BCUT2D eigenvalue weighted by molar-refractivity contribution is -0.168. The van der Waals surface area contributed by atoms with Crippen LogP contribution in [-0.2, 0) is 71.8 Å². The van der Waals surface area contributed by atoms with Crippen molar-refractivity contribution in [2.24, 2.45) is 33.0 Å². The summed E-state index contributed by atoms with van der Waals surface area (Å²) in [6, 6.07) is 29.6. The number of thiocarbonyl (C=S) groups is 7. The molecule has 5 aromatic carbocycles. The van der Waals surface area contributed by atoms with E-state index in [-0.39, 0.29) is 144 Å². The number of nitrogens with zero attached hydrogens (tertiary/aromatic N) is 4. The molecule has 10 fully saturated rings. The molecule has 11 unspecified atom stereocenters. The number of nitrogens with one attached hydrogen (secondary N) is 7. The molecule has 36 nitrogen and oxygen atoms in total. The fourth-order valence-electron chi connectivity index (χ4n) is 20.3. The normalized spacial score (nSPS) is 26.2. The maximum atomic E-state index is 12.9. The largest absolute Gasteiger partial charge is 0.481 e. The lowest BCUT2D eigenvalue weighted by atomic mass is 9.64. The van der Waals surface area contributed by atoms with Crippen LogP contribution in [0, 0.1) is 33.0 Å². The van der Waals surface area contributed by atoms with Crippen LogP contribution in [0.4, 0.5) is 0 Å². The summed E-state index contributed by atoms with van der Waals surface area (Å²) in [5, 5.41) is 36.1. The van der Waals surface area contributed by atoms with Crippen molar-refractivity contribution in [1.29, 1.82) is 0 Å². The summed E-state index contributed by atoms with van der Waals surface area (Å²) in [6.45, 7) is 11.6. The zero-order valence-corrected chi connectivity index (χ0v) is 83.6. The van der Waals surface area contributed by atoms with Crippen LogP contribution in [0.3, 0.4) is 0 Å². The van der Waals surface area contributed by atoms with Crippen molar-refractivity contribution in [1.82, 2.24) is 56.8 Å². The number of hydrogen-bond donors (Lipinski definition) is 9. The number of benzene rings is 5. The molecule has 4 aliphatic carbocycles. The third-order valence-corrected chi connectivity index (χ3v) is 32.0. The number of carbonyl (C=O) groups is 21. The first kappa shape index (κ1) is 106. The fraction of sp³-hybridized carbons (Fsp3) is 0.414. The van der Waals surface area contributed by atoms with Crippen LogP contribution < -0.4 is 37.2 Å². The number of ketones is 4. The van der Waals surface area contributed by atoms with E-state index in [0.29, 0.717) is 135 Å². The molecule has 14 aliphatic rings. The number of esters is 2. The van der Waals surface area contributed by atoms with Gasteiger partial charge in [-0.05, 0) is 131 Å². The van der Waals surface area contributed by atoms with Crippen LogP contribution in [0.15, 0.2) is 121 Å². The first-order valence-corrected chi connectivity index (χ1v) is 48.5. The smallest absolute Gasteiger partial charge is 0.338 e. The van der Waals surface area contributed by atoms with Gasteiger partial charge in [-0.2, -0.15) is 0 Å². The predicted molar refractivity (Wildman–Crippen MR) is 533 cm³/mol. The lowest BCUT2D eigenvalue weighted by Crippen LogP contribution is -2.56. The number of aliphatic carboxylic acids is 2. The van der Waals surface area contributed by atoms with E-state index in [1.165, 1.54) is 24.1 Å². The number of carboxylic acid groups (broad SMARTS) is 2. The van der Waals surface area contributed by atoms with Gasteiger partial charge < -0.3 is 46.3 Å². The molecule has 19 rings (SSSR count). The van der Waals surface area contributed by atoms with E-state index >= 15 is 0 Å². The minimum atomic E-state index is -1.27. The highest BCUT2D eigenvalue weighted by molar-refractivity contribution is 7.82. The summed E-state index contributed by atoms with van der Waals surface area (Å²) >= 11 is 36.2. The second-order valence-corrected chi connectivity index (χ2v) is 40.8. The summed E-state index contributed by atoms with van der Waals surface area (Å²) in [4.78, 5) is 259.